The number of sulfonamides is 2. The lowest BCUT2D eigenvalue weighted by atomic mass is 10.2. The van der Waals surface area contributed by atoms with Crippen molar-refractivity contribution in [2.24, 2.45) is 5.14 Å². The maximum atomic E-state index is 12.9. The van der Waals surface area contributed by atoms with Crippen LogP contribution in [0.4, 0.5) is 0 Å². The third-order valence-electron chi connectivity index (χ3n) is 4.50. The molecule has 0 aromatic carbocycles. The molecule has 0 atom stereocenters. The quantitative estimate of drug-likeness (QED) is 0.667. The molecule has 8 nitrogen and oxygen atoms in total. The van der Waals surface area contributed by atoms with E-state index in [2.05, 4.69) is 0 Å². The number of ether oxygens (including phenoxy) is 1. The molecule has 0 bridgehead atoms. The summed E-state index contributed by atoms with van der Waals surface area (Å²) in [5, 5.41) is 5.12. The summed E-state index contributed by atoms with van der Waals surface area (Å²) in [6.45, 7) is 3.79. The van der Waals surface area contributed by atoms with Crippen LogP contribution in [0, 0.1) is 0 Å². The van der Waals surface area contributed by atoms with Gasteiger partial charge < -0.3 is 4.74 Å². The Bertz CT molecular complexity index is 910. The van der Waals surface area contributed by atoms with E-state index in [-0.39, 0.29) is 8.42 Å². The van der Waals surface area contributed by atoms with Crippen molar-refractivity contribution in [3.63, 3.8) is 0 Å². The average Bonchev–Trinajstić information content (AvgIpc) is 3.03. The largest absolute Gasteiger partial charge is 0.370 e. The predicted molar refractivity (Wildman–Crippen MR) is 83.2 cm³/mol. The Labute approximate surface area is 138 Å². The van der Waals surface area contributed by atoms with E-state index < -0.39 is 20.0 Å². The molecule has 0 aliphatic carbocycles. The van der Waals surface area contributed by atoms with Crippen LogP contribution in [0.1, 0.15) is 5.56 Å². The van der Waals surface area contributed by atoms with Crippen molar-refractivity contribution in [3.8, 4) is 0 Å². The molecular formula is C12H16N3O5S3+. The Morgan fingerprint density at radius 3 is 2.65 bits per heavy atom. The highest BCUT2D eigenvalue weighted by atomic mass is 32.3. The fourth-order valence-electron chi connectivity index (χ4n) is 3.30. The van der Waals surface area contributed by atoms with E-state index in [0.717, 1.165) is 13.1 Å². The zero-order valence-electron chi connectivity index (χ0n) is 12.1. The second kappa shape index (κ2) is 4.77. The number of nitrogens with two attached hydrogens (primary N) is 1. The second-order valence-corrected chi connectivity index (χ2v) is 10.9. The van der Waals surface area contributed by atoms with Crippen LogP contribution < -0.4 is 5.14 Å². The maximum Gasteiger partial charge on any atom is 0.278 e. The van der Waals surface area contributed by atoms with Gasteiger partial charge in [0.05, 0.1) is 18.9 Å². The first-order valence-electron chi connectivity index (χ1n) is 7.04. The van der Waals surface area contributed by atoms with E-state index in [1.54, 1.807) is 6.08 Å². The molecule has 2 saturated heterocycles. The number of rotatable bonds is 1. The molecule has 23 heavy (non-hydrogen) atoms. The molecule has 2 fully saturated rings. The molecule has 11 heteroatoms. The second-order valence-electron chi connectivity index (χ2n) is 6.04. The van der Waals surface area contributed by atoms with Crippen molar-refractivity contribution >= 4 is 37.5 Å². The van der Waals surface area contributed by atoms with Gasteiger partial charge in [-0.25, -0.2) is 17.9 Å². The molecule has 4 heterocycles. The van der Waals surface area contributed by atoms with Crippen molar-refractivity contribution in [2.45, 2.75) is 8.42 Å². The van der Waals surface area contributed by atoms with Gasteiger partial charge in [-0.2, -0.15) is 8.42 Å². The zero-order valence-corrected chi connectivity index (χ0v) is 14.6. The van der Waals surface area contributed by atoms with Crippen LogP contribution in [-0.4, -0.2) is 65.1 Å². The lowest BCUT2D eigenvalue weighted by Crippen LogP contribution is -2.54. The third-order valence-corrected chi connectivity index (χ3v) is 9.38. The van der Waals surface area contributed by atoms with Gasteiger partial charge in [0, 0.05) is 5.56 Å². The Hall–Kier alpha value is -0.980. The standard InChI is InChI=1S/C12H16N3O5S3/c13-22(16,17)11-6-9-5-10-7-15(1-3-20-4-2-15)8-14(10)23(18,19)12(9)21-11/h5-6H,1-4,7-8H2,(H2,13,16,17)/q+1. The summed E-state index contributed by atoms with van der Waals surface area (Å²) in [6, 6.07) is 1.35. The third kappa shape index (κ3) is 2.34. The number of primary sulfonamides is 1. The highest BCUT2D eigenvalue weighted by Gasteiger charge is 2.49. The smallest absolute Gasteiger partial charge is 0.278 e. The van der Waals surface area contributed by atoms with Crippen LogP contribution in [0.5, 0.6) is 0 Å². The summed E-state index contributed by atoms with van der Waals surface area (Å²) < 4.78 is 56.1. The normalized spacial score (nSPS) is 25.1. The Balaban J connectivity index is 1.80. The summed E-state index contributed by atoms with van der Waals surface area (Å²) in [6.07, 6.45) is 1.77. The molecule has 3 aliphatic rings. The average molecular weight is 378 g/mol. The minimum absolute atomic E-state index is 0.0542. The van der Waals surface area contributed by atoms with E-state index in [0.29, 0.717) is 53.5 Å². The maximum absolute atomic E-state index is 12.9. The Kier molecular flexibility index (Phi) is 3.22. The molecule has 1 aromatic rings. The van der Waals surface area contributed by atoms with Crippen LogP contribution >= 0.6 is 11.3 Å². The molecule has 0 amide bonds. The molecule has 0 saturated carbocycles. The molecule has 1 spiro atoms. The summed E-state index contributed by atoms with van der Waals surface area (Å²) in [5.74, 6) is 0. The van der Waals surface area contributed by atoms with E-state index in [1.165, 1.54) is 10.4 Å². The minimum atomic E-state index is -3.91. The van der Waals surface area contributed by atoms with E-state index in [4.69, 9.17) is 9.88 Å². The molecule has 126 valence electrons. The van der Waals surface area contributed by atoms with Gasteiger partial charge in [0.25, 0.3) is 10.0 Å². The van der Waals surface area contributed by atoms with Gasteiger partial charge in [-0.1, -0.05) is 0 Å². The summed E-state index contributed by atoms with van der Waals surface area (Å²) in [4.78, 5) is 0. The zero-order chi connectivity index (χ0) is 16.5. The summed E-state index contributed by atoms with van der Waals surface area (Å²) in [5.41, 5.74) is 1.12. The van der Waals surface area contributed by atoms with E-state index >= 15 is 0 Å². The molecular weight excluding hydrogens is 362 g/mol. The summed E-state index contributed by atoms with van der Waals surface area (Å²) >= 11 is 0.714. The first-order valence-corrected chi connectivity index (χ1v) is 10.8. The molecule has 0 radical (unpaired) electrons. The fraction of sp³-hybridized carbons (Fsp3) is 0.500. The van der Waals surface area contributed by atoms with Crippen molar-refractivity contribution < 1.29 is 26.1 Å². The van der Waals surface area contributed by atoms with Gasteiger partial charge >= 0.3 is 0 Å². The van der Waals surface area contributed by atoms with Gasteiger partial charge in [-0.15, -0.1) is 11.3 Å². The number of hydrogen-bond acceptors (Lipinski definition) is 6. The number of thiophene rings is 1. The topological polar surface area (TPSA) is 107 Å². The van der Waals surface area contributed by atoms with Crippen LogP contribution in [-0.2, 0) is 24.8 Å². The number of morpholine rings is 1. The van der Waals surface area contributed by atoms with E-state index in [9.17, 15) is 16.8 Å². The van der Waals surface area contributed by atoms with Gasteiger partial charge in [0.2, 0.25) is 10.0 Å². The van der Waals surface area contributed by atoms with Gasteiger partial charge in [-0.3, -0.25) is 4.48 Å². The minimum Gasteiger partial charge on any atom is -0.370 e. The van der Waals surface area contributed by atoms with Crippen LogP contribution in [0.2, 0.25) is 0 Å². The van der Waals surface area contributed by atoms with Crippen LogP contribution in [0.25, 0.3) is 6.08 Å². The van der Waals surface area contributed by atoms with Crippen LogP contribution in [0.15, 0.2) is 20.2 Å². The van der Waals surface area contributed by atoms with Gasteiger partial charge in [0.1, 0.15) is 28.1 Å². The molecule has 2 N–H and O–H groups in total. The Morgan fingerprint density at radius 1 is 1.30 bits per heavy atom. The van der Waals surface area contributed by atoms with Gasteiger partial charge in [-0.05, 0) is 12.1 Å². The fourth-order valence-corrected chi connectivity index (χ4v) is 7.46. The summed E-state index contributed by atoms with van der Waals surface area (Å²) in [7, 11) is -7.64. The molecule has 0 unspecified atom stereocenters. The van der Waals surface area contributed by atoms with Crippen LogP contribution in [0.3, 0.4) is 0 Å². The molecule has 4 rings (SSSR count). The number of quaternary nitrogens is 1. The monoisotopic (exact) mass is 378 g/mol. The van der Waals surface area contributed by atoms with Crippen molar-refractivity contribution in [1.82, 2.24) is 4.31 Å². The lowest BCUT2D eigenvalue weighted by molar-refractivity contribution is -0.925. The number of nitrogens with zero attached hydrogens (tertiary/aromatic N) is 2. The molecule has 3 aliphatic heterocycles. The number of hydrogen-bond donors (Lipinski definition) is 1. The first kappa shape index (κ1) is 15.5. The highest BCUT2D eigenvalue weighted by molar-refractivity contribution is 7.94. The van der Waals surface area contributed by atoms with Crippen molar-refractivity contribution in [3.05, 3.63) is 17.3 Å². The van der Waals surface area contributed by atoms with Crippen molar-refractivity contribution in [2.75, 3.05) is 39.5 Å². The Morgan fingerprint density at radius 2 is 2.00 bits per heavy atom. The SMILES string of the molecule is NS(=O)(=O)c1cc2c(s1)S(=O)(=O)N1C[N+]3(CCOCC3)CC1=C2. The first-order chi connectivity index (χ1) is 10.7. The highest BCUT2D eigenvalue weighted by Crippen LogP contribution is 2.42. The van der Waals surface area contributed by atoms with Gasteiger partial charge in [0.15, 0.2) is 6.67 Å². The predicted octanol–water partition coefficient (Wildman–Crippen LogP) is -0.441. The lowest BCUT2D eigenvalue weighted by Gasteiger charge is -2.36. The number of fused-ring (bicyclic) bond motifs is 2. The van der Waals surface area contributed by atoms with Crippen molar-refractivity contribution in [1.29, 1.82) is 0 Å². The molecule has 1 aromatic heterocycles. The van der Waals surface area contributed by atoms with E-state index in [1.807, 2.05) is 0 Å².